The van der Waals surface area contributed by atoms with Crippen LogP contribution in [0.5, 0.6) is 23.0 Å². The predicted octanol–water partition coefficient (Wildman–Crippen LogP) is 2.32. The van der Waals surface area contributed by atoms with Gasteiger partial charge in [0, 0.05) is 12.3 Å². The second-order valence-electron chi connectivity index (χ2n) is 5.34. The number of nitrogens with zero attached hydrogens (tertiary/aromatic N) is 1. The van der Waals surface area contributed by atoms with E-state index >= 15 is 0 Å². The van der Waals surface area contributed by atoms with Crippen molar-refractivity contribution in [3.05, 3.63) is 48.3 Å². The zero-order valence-electron chi connectivity index (χ0n) is 16.0. The number of amides is 1. The Balaban J connectivity index is 1.84. The highest BCUT2D eigenvalue weighted by molar-refractivity contribution is 5.92. The van der Waals surface area contributed by atoms with E-state index in [4.69, 9.17) is 18.9 Å². The Kier molecular flexibility index (Phi) is 8.21. The first-order valence-corrected chi connectivity index (χ1v) is 8.42. The van der Waals surface area contributed by atoms with Crippen LogP contribution in [0.2, 0.25) is 0 Å². The second kappa shape index (κ2) is 11.1. The van der Waals surface area contributed by atoms with E-state index in [1.165, 1.54) is 27.4 Å². The lowest BCUT2D eigenvalue weighted by molar-refractivity contribution is -0.116. The lowest BCUT2D eigenvalue weighted by Crippen LogP contribution is -2.21. The molecule has 0 saturated carbocycles. The van der Waals surface area contributed by atoms with E-state index in [9.17, 15) is 4.79 Å². The van der Waals surface area contributed by atoms with E-state index < -0.39 is 0 Å². The number of aromatic nitrogens is 1. The highest BCUT2D eigenvalue weighted by Crippen LogP contribution is 2.38. The summed E-state index contributed by atoms with van der Waals surface area (Å²) in [5, 5.41) is 2.68. The van der Waals surface area contributed by atoms with E-state index in [-0.39, 0.29) is 19.1 Å². The number of carbonyl (C=O) groups excluding carboxylic acids is 1. The fraction of sp³-hybridized carbons (Fsp3) is 0.238. The summed E-state index contributed by atoms with van der Waals surface area (Å²) in [6.45, 7) is 0.442. The quantitative estimate of drug-likeness (QED) is 0.558. The molecular weight excluding hydrogens is 360 g/mol. The van der Waals surface area contributed by atoms with Gasteiger partial charge in [-0.25, -0.2) is 0 Å². The normalized spacial score (nSPS) is 9.96. The third-order valence-electron chi connectivity index (χ3n) is 3.54. The maximum Gasteiger partial charge on any atom is 0.244 e. The van der Waals surface area contributed by atoms with Gasteiger partial charge in [-0.1, -0.05) is 11.8 Å². The van der Waals surface area contributed by atoms with E-state index in [1.807, 2.05) is 0 Å². The number of nitrogens with one attached hydrogen (secondary N) is 1. The lowest BCUT2D eigenvalue weighted by Gasteiger charge is -2.12. The van der Waals surface area contributed by atoms with E-state index in [0.717, 1.165) is 5.56 Å². The third kappa shape index (κ3) is 6.25. The molecule has 28 heavy (non-hydrogen) atoms. The number of methoxy groups -OCH3 is 3. The molecule has 0 aliphatic rings. The van der Waals surface area contributed by atoms with Crippen LogP contribution in [0.3, 0.4) is 0 Å². The Labute approximate surface area is 164 Å². The van der Waals surface area contributed by atoms with Gasteiger partial charge in [0.1, 0.15) is 12.4 Å². The summed E-state index contributed by atoms with van der Waals surface area (Å²) in [6.07, 6.45) is 6.34. The number of carbonyl (C=O) groups is 1. The Morgan fingerprint density at radius 2 is 1.89 bits per heavy atom. The molecule has 0 atom stereocenters. The van der Waals surface area contributed by atoms with E-state index in [1.54, 1.807) is 42.7 Å². The molecule has 1 amide bonds. The van der Waals surface area contributed by atoms with Gasteiger partial charge in [0.15, 0.2) is 11.5 Å². The molecule has 0 bridgehead atoms. The van der Waals surface area contributed by atoms with Crippen LogP contribution in [0.1, 0.15) is 5.56 Å². The Bertz CT molecular complexity index is 844. The van der Waals surface area contributed by atoms with Crippen molar-refractivity contribution < 1.29 is 23.7 Å². The van der Waals surface area contributed by atoms with Crippen LogP contribution in [0.4, 0.5) is 0 Å². The predicted molar refractivity (Wildman–Crippen MR) is 106 cm³/mol. The lowest BCUT2D eigenvalue weighted by atomic mass is 10.1. The minimum Gasteiger partial charge on any atom is -0.493 e. The second-order valence-corrected chi connectivity index (χ2v) is 5.34. The molecule has 1 N–H and O–H groups in total. The molecule has 0 fully saturated rings. The van der Waals surface area contributed by atoms with Crippen LogP contribution in [0, 0.1) is 11.8 Å². The summed E-state index contributed by atoms with van der Waals surface area (Å²) >= 11 is 0. The Morgan fingerprint density at radius 3 is 2.50 bits per heavy atom. The van der Waals surface area contributed by atoms with Crippen molar-refractivity contribution in [1.82, 2.24) is 10.3 Å². The molecule has 7 nitrogen and oxygen atoms in total. The van der Waals surface area contributed by atoms with Crippen LogP contribution < -0.4 is 24.3 Å². The molecule has 1 heterocycles. The number of pyridine rings is 1. The number of rotatable bonds is 8. The maximum atomic E-state index is 11.9. The minimum atomic E-state index is -0.267. The molecule has 0 aliphatic heterocycles. The van der Waals surface area contributed by atoms with Crippen LogP contribution >= 0.6 is 0 Å². The van der Waals surface area contributed by atoms with E-state index in [0.29, 0.717) is 23.0 Å². The van der Waals surface area contributed by atoms with Gasteiger partial charge in [0.05, 0.1) is 34.1 Å². The Hall–Kier alpha value is -3.66. The Morgan fingerprint density at radius 1 is 1.14 bits per heavy atom. The van der Waals surface area contributed by atoms with Crippen LogP contribution in [-0.4, -0.2) is 45.4 Å². The summed E-state index contributed by atoms with van der Waals surface area (Å²) < 4.78 is 21.2. The molecule has 0 unspecified atom stereocenters. The van der Waals surface area contributed by atoms with Gasteiger partial charge in [-0.2, -0.15) is 0 Å². The zero-order chi connectivity index (χ0) is 20.2. The fourth-order valence-electron chi connectivity index (χ4n) is 2.23. The molecule has 2 rings (SSSR count). The minimum absolute atomic E-state index is 0.217. The topological polar surface area (TPSA) is 78.9 Å². The SMILES string of the molecule is COc1cc(/C=C/C(=O)NCC#CCOc2cccnc2)cc(OC)c1OC. The number of benzene rings is 1. The molecule has 0 radical (unpaired) electrons. The maximum absolute atomic E-state index is 11.9. The molecule has 0 spiro atoms. The van der Waals surface area contributed by atoms with Crippen molar-refractivity contribution in [2.45, 2.75) is 0 Å². The van der Waals surface area contributed by atoms with Gasteiger partial charge in [-0.05, 0) is 35.9 Å². The van der Waals surface area contributed by atoms with Crippen molar-refractivity contribution in [3.63, 3.8) is 0 Å². The molecule has 1 aromatic carbocycles. The summed E-state index contributed by atoms with van der Waals surface area (Å²) in [5.41, 5.74) is 0.737. The van der Waals surface area contributed by atoms with E-state index in [2.05, 4.69) is 22.1 Å². The van der Waals surface area contributed by atoms with Gasteiger partial charge in [0.2, 0.25) is 11.7 Å². The van der Waals surface area contributed by atoms with Crippen LogP contribution in [-0.2, 0) is 4.79 Å². The average Bonchev–Trinajstić information content (AvgIpc) is 2.74. The first-order chi connectivity index (χ1) is 13.7. The summed E-state index contributed by atoms with van der Waals surface area (Å²) in [4.78, 5) is 15.8. The average molecular weight is 382 g/mol. The molecule has 2 aromatic rings. The van der Waals surface area contributed by atoms with Gasteiger partial charge in [0.25, 0.3) is 0 Å². The first-order valence-electron chi connectivity index (χ1n) is 8.42. The van der Waals surface area contributed by atoms with Gasteiger partial charge in [-0.3, -0.25) is 9.78 Å². The van der Waals surface area contributed by atoms with Crippen molar-refractivity contribution in [2.75, 3.05) is 34.5 Å². The largest absolute Gasteiger partial charge is 0.493 e. The van der Waals surface area contributed by atoms with Gasteiger partial charge >= 0.3 is 0 Å². The summed E-state index contributed by atoms with van der Waals surface area (Å²) in [6, 6.07) is 7.08. The number of hydrogen-bond acceptors (Lipinski definition) is 6. The van der Waals surface area contributed by atoms with Crippen molar-refractivity contribution in [3.8, 4) is 34.8 Å². The monoisotopic (exact) mass is 382 g/mol. The molecule has 146 valence electrons. The molecule has 0 aliphatic carbocycles. The molecule has 1 aromatic heterocycles. The number of hydrogen-bond donors (Lipinski definition) is 1. The molecular formula is C21H22N2O5. The summed E-state index contributed by atoms with van der Waals surface area (Å²) in [7, 11) is 4.61. The van der Waals surface area contributed by atoms with Gasteiger partial charge < -0.3 is 24.3 Å². The van der Waals surface area contributed by atoms with Gasteiger partial charge in [-0.15, -0.1) is 0 Å². The molecule has 0 saturated heterocycles. The standard InChI is InChI=1S/C21H22N2O5/c1-25-18-13-16(14-19(26-2)21(18)27-3)8-9-20(24)23-11-4-5-12-28-17-7-6-10-22-15-17/h6-10,13-15H,11-12H2,1-3H3,(H,23,24)/b9-8+. The molecule has 7 heteroatoms. The van der Waals surface area contributed by atoms with Crippen molar-refractivity contribution in [1.29, 1.82) is 0 Å². The zero-order valence-corrected chi connectivity index (χ0v) is 16.0. The number of ether oxygens (including phenoxy) is 4. The van der Waals surface area contributed by atoms with Crippen LogP contribution in [0.15, 0.2) is 42.7 Å². The highest BCUT2D eigenvalue weighted by Gasteiger charge is 2.12. The fourth-order valence-corrected chi connectivity index (χ4v) is 2.23. The highest BCUT2D eigenvalue weighted by atomic mass is 16.5. The summed E-state index contributed by atoms with van der Waals surface area (Å²) in [5.74, 6) is 7.54. The van der Waals surface area contributed by atoms with Crippen molar-refractivity contribution >= 4 is 12.0 Å². The first kappa shape index (κ1) is 20.6. The third-order valence-corrected chi connectivity index (χ3v) is 3.54. The van der Waals surface area contributed by atoms with Crippen LogP contribution in [0.25, 0.3) is 6.08 Å². The van der Waals surface area contributed by atoms with Crippen molar-refractivity contribution in [2.24, 2.45) is 0 Å². The smallest absolute Gasteiger partial charge is 0.244 e.